The topological polar surface area (TPSA) is 57.3 Å². The molecule has 6 heteroatoms. The van der Waals surface area contributed by atoms with Gasteiger partial charge in [0.05, 0.1) is 17.9 Å². The van der Waals surface area contributed by atoms with Crippen molar-refractivity contribution >= 4 is 23.1 Å². The number of thiophene rings is 1. The quantitative estimate of drug-likeness (QED) is 0.891. The first-order chi connectivity index (χ1) is 10.8. The summed E-state index contributed by atoms with van der Waals surface area (Å²) < 4.78 is 0. The van der Waals surface area contributed by atoms with E-state index in [1.54, 1.807) is 29.8 Å². The summed E-state index contributed by atoms with van der Waals surface area (Å²) in [5, 5.41) is 7.88. The molecule has 3 heterocycles. The second-order valence-corrected chi connectivity index (χ2v) is 6.33. The van der Waals surface area contributed by atoms with Crippen molar-refractivity contribution in [3.63, 3.8) is 0 Å². The molecule has 0 aliphatic carbocycles. The zero-order valence-corrected chi connectivity index (χ0v) is 13.2. The van der Waals surface area contributed by atoms with E-state index in [0.29, 0.717) is 12.2 Å². The van der Waals surface area contributed by atoms with Crippen molar-refractivity contribution in [2.45, 2.75) is 18.9 Å². The minimum absolute atomic E-state index is 0.186. The van der Waals surface area contributed by atoms with Crippen LogP contribution in [0.25, 0.3) is 0 Å². The summed E-state index contributed by atoms with van der Waals surface area (Å²) in [6.45, 7) is 2.83. The van der Waals surface area contributed by atoms with Gasteiger partial charge in [-0.05, 0) is 49.5 Å². The molecule has 1 aliphatic heterocycles. The van der Waals surface area contributed by atoms with Gasteiger partial charge in [0, 0.05) is 17.6 Å². The smallest absolute Gasteiger partial charge is 0.319 e. The fourth-order valence-corrected chi connectivity index (χ4v) is 3.61. The zero-order chi connectivity index (χ0) is 15.2. The van der Waals surface area contributed by atoms with Crippen LogP contribution in [0.3, 0.4) is 0 Å². The van der Waals surface area contributed by atoms with Gasteiger partial charge in [0.15, 0.2) is 0 Å². The molecule has 0 radical (unpaired) electrons. The lowest BCUT2D eigenvalue weighted by molar-refractivity contribution is 0.229. The van der Waals surface area contributed by atoms with Crippen LogP contribution in [0.5, 0.6) is 0 Å². The molecule has 0 unspecified atom stereocenters. The zero-order valence-electron chi connectivity index (χ0n) is 12.4. The Labute approximate surface area is 134 Å². The Hall–Kier alpha value is -1.92. The second kappa shape index (κ2) is 7.38. The molecule has 1 atom stereocenters. The van der Waals surface area contributed by atoms with Crippen LogP contribution in [0.2, 0.25) is 0 Å². The first-order valence-corrected chi connectivity index (χ1v) is 8.43. The first kappa shape index (κ1) is 15.0. The maximum atomic E-state index is 12.0. The summed E-state index contributed by atoms with van der Waals surface area (Å²) in [6.07, 6.45) is 5.80. The number of rotatable bonds is 5. The Morgan fingerprint density at radius 1 is 1.32 bits per heavy atom. The van der Waals surface area contributed by atoms with E-state index in [1.807, 2.05) is 6.07 Å². The van der Waals surface area contributed by atoms with Crippen molar-refractivity contribution in [1.82, 2.24) is 15.2 Å². The molecule has 1 saturated heterocycles. The number of nitrogens with one attached hydrogen (secondary N) is 2. The number of anilines is 1. The number of carbonyl (C=O) groups excluding carboxylic acids is 1. The predicted octanol–water partition coefficient (Wildman–Crippen LogP) is 3.10. The maximum absolute atomic E-state index is 12.0. The molecule has 1 fully saturated rings. The fraction of sp³-hybridized carbons (Fsp3) is 0.375. The average molecular weight is 316 g/mol. The van der Waals surface area contributed by atoms with Crippen LogP contribution in [0.4, 0.5) is 10.5 Å². The molecule has 0 bridgehead atoms. The molecule has 2 N–H and O–H groups in total. The molecule has 2 amide bonds. The number of hydrogen-bond acceptors (Lipinski definition) is 4. The molecular formula is C16H20N4OS. The van der Waals surface area contributed by atoms with Gasteiger partial charge in [0.2, 0.25) is 0 Å². The van der Waals surface area contributed by atoms with E-state index < -0.39 is 0 Å². The number of urea groups is 1. The summed E-state index contributed by atoms with van der Waals surface area (Å²) in [5.41, 5.74) is 0.703. The predicted molar refractivity (Wildman–Crippen MR) is 89.1 cm³/mol. The second-order valence-electron chi connectivity index (χ2n) is 5.35. The third-order valence-corrected chi connectivity index (χ3v) is 4.80. The van der Waals surface area contributed by atoms with E-state index in [4.69, 9.17) is 0 Å². The molecule has 3 rings (SSSR count). The summed E-state index contributed by atoms with van der Waals surface area (Å²) in [7, 11) is 0. The van der Waals surface area contributed by atoms with E-state index in [0.717, 1.165) is 13.1 Å². The number of hydrogen-bond donors (Lipinski definition) is 2. The summed E-state index contributed by atoms with van der Waals surface area (Å²) >= 11 is 1.75. The lowest BCUT2D eigenvalue weighted by Crippen LogP contribution is -2.38. The van der Waals surface area contributed by atoms with Gasteiger partial charge in [0.25, 0.3) is 0 Å². The van der Waals surface area contributed by atoms with Gasteiger partial charge < -0.3 is 10.6 Å². The Morgan fingerprint density at radius 2 is 2.18 bits per heavy atom. The molecular weight excluding hydrogens is 296 g/mol. The van der Waals surface area contributed by atoms with Crippen molar-refractivity contribution in [3.05, 3.63) is 46.9 Å². The van der Waals surface area contributed by atoms with Gasteiger partial charge in [-0.1, -0.05) is 6.07 Å². The molecule has 0 saturated carbocycles. The number of nitrogens with zero attached hydrogens (tertiary/aromatic N) is 2. The van der Waals surface area contributed by atoms with E-state index in [9.17, 15) is 4.79 Å². The fourth-order valence-electron chi connectivity index (χ4n) is 2.75. The highest BCUT2D eigenvalue weighted by molar-refractivity contribution is 7.10. The summed E-state index contributed by atoms with van der Waals surface area (Å²) in [4.78, 5) is 19.8. The number of aromatic nitrogens is 1. The van der Waals surface area contributed by atoms with Crippen LogP contribution in [-0.2, 0) is 0 Å². The van der Waals surface area contributed by atoms with Crippen LogP contribution in [0.1, 0.15) is 23.8 Å². The lowest BCUT2D eigenvalue weighted by atomic mass is 10.2. The SMILES string of the molecule is O=C(NC[C@@H](c1cccs1)N1CCCC1)Nc1cccnc1. The first-order valence-electron chi connectivity index (χ1n) is 7.55. The van der Waals surface area contributed by atoms with Crippen LogP contribution >= 0.6 is 11.3 Å². The maximum Gasteiger partial charge on any atom is 0.319 e. The molecule has 0 aromatic carbocycles. The van der Waals surface area contributed by atoms with E-state index in [2.05, 4.69) is 38.0 Å². The van der Waals surface area contributed by atoms with Gasteiger partial charge in [-0.25, -0.2) is 4.79 Å². The van der Waals surface area contributed by atoms with Crippen molar-refractivity contribution in [2.24, 2.45) is 0 Å². The number of amides is 2. The highest BCUT2D eigenvalue weighted by Crippen LogP contribution is 2.27. The number of likely N-dealkylation sites (tertiary alicyclic amines) is 1. The molecule has 22 heavy (non-hydrogen) atoms. The third kappa shape index (κ3) is 3.84. The van der Waals surface area contributed by atoms with Crippen LogP contribution < -0.4 is 10.6 Å². The Balaban J connectivity index is 1.58. The highest BCUT2D eigenvalue weighted by Gasteiger charge is 2.24. The van der Waals surface area contributed by atoms with Crippen molar-refractivity contribution in [3.8, 4) is 0 Å². The molecule has 0 spiro atoms. The standard InChI is InChI=1S/C16H20N4OS/c21-16(19-13-5-3-7-17-11-13)18-12-14(15-6-4-10-22-15)20-8-1-2-9-20/h3-7,10-11,14H,1-2,8-9,12H2,(H2,18,19,21)/t14-/m0/s1. The van der Waals surface area contributed by atoms with E-state index >= 15 is 0 Å². The minimum Gasteiger partial charge on any atom is -0.336 e. The van der Waals surface area contributed by atoms with Crippen LogP contribution in [0, 0.1) is 0 Å². The summed E-state index contributed by atoms with van der Waals surface area (Å²) in [5.74, 6) is 0. The van der Waals surface area contributed by atoms with Crippen molar-refractivity contribution in [1.29, 1.82) is 0 Å². The Morgan fingerprint density at radius 3 is 2.86 bits per heavy atom. The van der Waals surface area contributed by atoms with Crippen LogP contribution in [0.15, 0.2) is 42.0 Å². The van der Waals surface area contributed by atoms with Gasteiger partial charge in [-0.2, -0.15) is 0 Å². The molecule has 116 valence electrons. The van der Waals surface area contributed by atoms with Gasteiger partial charge in [-0.3, -0.25) is 9.88 Å². The van der Waals surface area contributed by atoms with Crippen molar-refractivity contribution < 1.29 is 4.79 Å². The molecule has 2 aromatic heterocycles. The van der Waals surface area contributed by atoms with Gasteiger partial charge >= 0.3 is 6.03 Å². The molecule has 5 nitrogen and oxygen atoms in total. The molecule has 2 aromatic rings. The highest BCUT2D eigenvalue weighted by atomic mass is 32.1. The largest absolute Gasteiger partial charge is 0.336 e. The molecule has 1 aliphatic rings. The normalized spacial score (nSPS) is 16.4. The average Bonchev–Trinajstić information content (AvgIpc) is 3.22. The number of pyridine rings is 1. The Bertz CT molecular complexity index is 581. The number of carbonyl (C=O) groups is 1. The van der Waals surface area contributed by atoms with E-state index in [-0.39, 0.29) is 12.1 Å². The third-order valence-electron chi connectivity index (χ3n) is 3.83. The minimum atomic E-state index is -0.186. The van der Waals surface area contributed by atoms with Gasteiger partial charge in [-0.15, -0.1) is 11.3 Å². The van der Waals surface area contributed by atoms with Crippen molar-refractivity contribution in [2.75, 3.05) is 25.0 Å². The van der Waals surface area contributed by atoms with Gasteiger partial charge in [0.1, 0.15) is 0 Å². The van der Waals surface area contributed by atoms with Crippen LogP contribution in [-0.4, -0.2) is 35.5 Å². The Kier molecular flexibility index (Phi) is 5.03. The summed E-state index contributed by atoms with van der Waals surface area (Å²) in [6, 6.07) is 7.92. The monoisotopic (exact) mass is 316 g/mol. The lowest BCUT2D eigenvalue weighted by Gasteiger charge is -2.26. The van der Waals surface area contributed by atoms with E-state index in [1.165, 1.54) is 17.7 Å².